The van der Waals surface area contributed by atoms with Gasteiger partial charge in [0, 0.05) is 17.9 Å². The summed E-state index contributed by atoms with van der Waals surface area (Å²) in [4.78, 5) is 0. The molecule has 0 radical (unpaired) electrons. The van der Waals surface area contributed by atoms with Gasteiger partial charge in [0.25, 0.3) is 0 Å². The van der Waals surface area contributed by atoms with Gasteiger partial charge in [-0.05, 0) is 46.6 Å². The van der Waals surface area contributed by atoms with Gasteiger partial charge in [0.05, 0.1) is 0 Å². The number of aryl methyl sites for hydroxylation is 1. The minimum absolute atomic E-state index is 0.208. The van der Waals surface area contributed by atoms with Gasteiger partial charge in [0.15, 0.2) is 0 Å². The van der Waals surface area contributed by atoms with Crippen LogP contribution < -0.4 is 5.32 Å². The lowest BCUT2D eigenvalue weighted by atomic mass is 10.0. The lowest BCUT2D eigenvalue weighted by Gasteiger charge is -2.20. The molecule has 0 aliphatic heterocycles. The predicted octanol–water partition coefficient (Wildman–Crippen LogP) is 4.54. The minimum Gasteiger partial charge on any atom is -0.312 e. The number of hydrogen-bond donors (Lipinski definition) is 1. The molecule has 0 bridgehead atoms. The number of unbranched alkanes of at least 4 members (excludes halogenated alkanes) is 1. The topological polar surface area (TPSA) is 37.8 Å². The quantitative estimate of drug-likeness (QED) is 0.680. The highest BCUT2D eigenvalue weighted by Gasteiger charge is 2.14. The summed E-state index contributed by atoms with van der Waals surface area (Å²) < 4.78 is 0. The Kier molecular flexibility index (Phi) is 7.67. The highest BCUT2D eigenvalue weighted by molar-refractivity contribution is 7.11. The molecule has 0 aromatic carbocycles. The van der Waals surface area contributed by atoms with Crippen LogP contribution in [0.3, 0.4) is 0 Å². The van der Waals surface area contributed by atoms with E-state index in [1.807, 2.05) is 11.3 Å². The van der Waals surface area contributed by atoms with Crippen LogP contribution in [0.25, 0.3) is 0 Å². The van der Waals surface area contributed by atoms with Crippen molar-refractivity contribution < 1.29 is 0 Å². The maximum Gasteiger partial charge on any atom is 0.120 e. The third-order valence-electron chi connectivity index (χ3n) is 3.45. The molecule has 4 heteroatoms. The SMILES string of the molecule is CCCCC(CC)c1nnc(CCCNC(C)(C)C)s1. The Morgan fingerprint density at radius 3 is 2.50 bits per heavy atom. The first-order valence-corrected chi connectivity index (χ1v) is 8.85. The predicted molar refractivity (Wildman–Crippen MR) is 88.5 cm³/mol. The fourth-order valence-electron chi connectivity index (χ4n) is 2.19. The zero-order valence-electron chi connectivity index (χ0n) is 13.8. The van der Waals surface area contributed by atoms with Crippen LogP contribution >= 0.6 is 11.3 Å². The molecule has 1 unspecified atom stereocenters. The van der Waals surface area contributed by atoms with Crippen LogP contribution in [-0.4, -0.2) is 22.3 Å². The largest absolute Gasteiger partial charge is 0.312 e. The average molecular weight is 298 g/mol. The molecule has 0 fully saturated rings. The van der Waals surface area contributed by atoms with E-state index in [2.05, 4.69) is 50.1 Å². The molecular weight excluding hydrogens is 266 g/mol. The van der Waals surface area contributed by atoms with Gasteiger partial charge in [0.2, 0.25) is 0 Å². The second-order valence-electron chi connectivity index (χ2n) is 6.56. The van der Waals surface area contributed by atoms with Crippen LogP contribution in [0.1, 0.15) is 82.7 Å². The van der Waals surface area contributed by atoms with Crippen molar-refractivity contribution in [1.82, 2.24) is 15.5 Å². The van der Waals surface area contributed by atoms with Crippen molar-refractivity contribution in [2.75, 3.05) is 6.54 Å². The van der Waals surface area contributed by atoms with E-state index in [-0.39, 0.29) is 5.54 Å². The number of rotatable bonds is 9. The van der Waals surface area contributed by atoms with E-state index in [4.69, 9.17) is 0 Å². The van der Waals surface area contributed by atoms with Gasteiger partial charge in [-0.3, -0.25) is 0 Å². The Morgan fingerprint density at radius 1 is 1.15 bits per heavy atom. The monoisotopic (exact) mass is 297 g/mol. The number of hydrogen-bond acceptors (Lipinski definition) is 4. The second-order valence-corrected chi connectivity index (χ2v) is 7.66. The molecule has 0 saturated heterocycles. The molecule has 1 heterocycles. The normalized spacial score (nSPS) is 13.7. The maximum atomic E-state index is 4.42. The van der Waals surface area contributed by atoms with Crippen molar-refractivity contribution in [2.45, 2.75) is 84.6 Å². The molecule has 1 rings (SSSR count). The Labute approximate surface area is 128 Å². The van der Waals surface area contributed by atoms with Gasteiger partial charge in [-0.1, -0.05) is 26.7 Å². The van der Waals surface area contributed by atoms with Crippen LogP contribution in [0, 0.1) is 0 Å². The van der Waals surface area contributed by atoms with Crippen LogP contribution in [0.2, 0.25) is 0 Å². The third-order valence-corrected chi connectivity index (χ3v) is 4.60. The van der Waals surface area contributed by atoms with E-state index in [1.54, 1.807) is 0 Å². The van der Waals surface area contributed by atoms with Crippen LogP contribution in [-0.2, 0) is 6.42 Å². The standard InChI is InChI=1S/C16H31N3S/c1-6-8-10-13(7-2)15-19-18-14(20-15)11-9-12-17-16(3,4)5/h13,17H,6-12H2,1-5H3. The van der Waals surface area contributed by atoms with Crippen LogP contribution in [0.15, 0.2) is 0 Å². The van der Waals surface area contributed by atoms with Gasteiger partial charge in [-0.15, -0.1) is 21.5 Å². The summed E-state index contributed by atoms with van der Waals surface area (Å²) in [5, 5.41) is 14.8. The van der Waals surface area contributed by atoms with E-state index in [1.165, 1.54) is 35.7 Å². The molecule has 3 nitrogen and oxygen atoms in total. The number of aromatic nitrogens is 2. The Hall–Kier alpha value is -0.480. The smallest absolute Gasteiger partial charge is 0.120 e. The van der Waals surface area contributed by atoms with Crippen molar-refractivity contribution in [1.29, 1.82) is 0 Å². The van der Waals surface area contributed by atoms with Crippen molar-refractivity contribution >= 4 is 11.3 Å². The summed E-state index contributed by atoms with van der Waals surface area (Å²) in [5.74, 6) is 0.619. The zero-order chi connectivity index (χ0) is 15.0. The third kappa shape index (κ3) is 6.80. The molecule has 0 saturated carbocycles. The summed E-state index contributed by atoms with van der Waals surface area (Å²) in [6.45, 7) is 12.2. The lowest BCUT2D eigenvalue weighted by molar-refractivity contribution is 0.422. The summed E-state index contributed by atoms with van der Waals surface area (Å²) in [6.07, 6.45) is 7.18. The lowest BCUT2D eigenvalue weighted by Crippen LogP contribution is -2.36. The van der Waals surface area contributed by atoms with Gasteiger partial charge in [-0.2, -0.15) is 0 Å². The van der Waals surface area contributed by atoms with Crippen molar-refractivity contribution in [3.05, 3.63) is 10.0 Å². The molecule has 1 atom stereocenters. The first kappa shape index (κ1) is 17.6. The zero-order valence-corrected chi connectivity index (χ0v) is 14.6. The number of nitrogens with one attached hydrogen (secondary N) is 1. The van der Waals surface area contributed by atoms with Crippen LogP contribution in [0.5, 0.6) is 0 Å². The van der Waals surface area contributed by atoms with Crippen LogP contribution in [0.4, 0.5) is 0 Å². The van der Waals surface area contributed by atoms with E-state index < -0.39 is 0 Å². The molecule has 1 N–H and O–H groups in total. The maximum absolute atomic E-state index is 4.42. The summed E-state index contributed by atoms with van der Waals surface area (Å²) in [5.41, 5.74) is 0.208. The first-order valence-electron chi connectivity index (χ1n) is 8.03. The van der Waals surface area contributed by atoms with Gasteiger partial charge in [0.1, 0.15) is 10.0 Å². The van der Waals surface area contributed by atoms with Gasteiger partial charge < -0.3 is 5.32 Å². The fraction of sp³-hybridized carbons (Fsp3) is 0.875. The van der Waals surface area contributed by atoms with E-state index in [0.717, 1.165) is 19.4 Å². The molecule has 0 amide bonds. The summed E-state index contributed by atoms with van der Waals surface area (Å²) >= 11 is 1.82. The Morgan fingerprint density at radius 2 is 1.90 bits per heavy atom. The van der Waals surface area contributed by atoms with E-state index in [0.29, 0.717) is 5.92 Å². The molecular formula is C16H31N3S. The van der Waals surface area contributed by atoms with Gasteiger partial charge >= 0.3 is 0 Å². The second kappa shape index (κ2) is 8.73. The number of nitrogens with zero attached hydrogens (tertiary/aromatic N) is 2. The molecule has 116 valence electrons. The molecule has 1 aromatic heterocycles. The molecule has 0 spiro atoms. The summed E-state index contributed by atoms with van der Waals surface area (Å²) in [6, 6.07) is 0. The Bertz CT molecular complexity index is 368. The Balaban J connectivity index is 2.38. The molecule has 20 heavy (non-hydrogen) atoms. The average Bonchev–Trinajstić information content (AvgIpc) is 2.83. The highest BCUT2D eigenvalue weighted by atomic mass is 32.1. The molecule has 0 aliphatic carbocycles. The highest BCUT2D eigenvalue weighted by Crippen LogP contribution is 2.28. The van der Waals surface area contributed by atoms with Crippen molar-refractivity contribution in [2.24, 2.45) is 0 Å². The molecule has 0 aliphatic rings. The molecule has 1 aromatic rings. The summed E-state index contributed by atoms with van der Waals surface area (Å²) in [7, 11) is 0. The van der Waals surface area contributed by atoms with Crippen molar-refractivity contribution in [3.8, 4) is 0 Å². The van der Waals surface area contributed by atoms with E-state index >= 15 is 0 Å². The van der Waals surface area contributed by atoms with Gasteiger partial charge in [-0.25, -0.2) is 0 Å². The van der Waals surface area contributed by atoms with E-state index in [9.17, 15) is 0 Å². The van der Waals surface area contributed by atoms with Crippen molar-refractivity contribution in [3.63, 3.8) is 0 Å². The fourth-order valence-corrected chi connectivity index (χ4v) is 3.29. The first-order chi connectivity index (χ1) is 9.46. The minimum atomic E-state index is 0.208.